The summed E-state index contributed by atoms with van der Waals surface area (Å²) < 4.78 is 0. The Bertz CT molecular complexity index is 2580. The van der Waals surface area contributed by atoms with Gasteiger partial charge in [0.2, 0.25) is 0 Å². The molecule has 0 heteroatoms. The Balaban J connectivity index is 1.42. The summed E-state index contributed by atoms with van der Waals surface area (Å²) in [5.41, 5.74) is 12.4. The van der Waals surface area contributed by atoms with Crippen LogP contribution < -0.4 is 0 Å². The quantitative estimate of drug-likeness (QED) is 0.138. The van der Waals surface area contributed by atoms with Crippen LogP contribution in [0.1, 0.15) is 36.1 Å². The van der Waals surface area contributed by atoms with Gasteiger partial charge in [-0.2, -0.15) is 0 Å². The monoisotopic (exact) mass is 596 g/mol. The van der Waals surface area contributed by atoms with E-state index in [1.807, 2.05) is 6.07 Å². The van der Waals surface area contributed by atoms with Crippen LogP contribution in [0.3, 0.4) is 0 Å². The Morgan fingerprint density at radius 1 is 0.404 bits per heavy atom. The molecule has 47 heavy (non-hydrogen) atoms. The van der Waals surface area contributed by atoms with E-state index in [0.717, 1.165) is 11.1 Å². The average Bonchev–Trinajstić information content (AvgIpc) is 3.36. The fourth-order valence-corrected chi connectivity index (χ4v) is 7.87. The largest absolute Gasteiger partial charge is 0.0622 e. The zero-order valence-corrected chi connectivity index (χ0v) is 26.5. The SMILES string of the molecule is CC1(C)c2ccccc2-c2c(-c3c4ccccc4c(C#Cc4ccccc4)c4ccc(-c5cccc6ccccc56)cc34)cccc21. The first-order chi connectivity index (χ1) is 23.1. The molecule has 0 atom stereocenters. The van der Waals surface area contributed by atoms with Crippen molar-refractivity contribution in [3.63, 3.8) is 0 Å². The van der Waals surface area contributed by atoms with Gasteiger partial charge in [-0.3, -0.25) is 0 Å². The summed E-state index contributed by atoms with van der Waals surface area (Å²) >= 11 is 0. The zero-order chi connectivity index (χ0) is 31.5. The smallest absolute Gasteiger partial charge is 0.0406 e. The maximum absolute atomic E-state index is 3.65. The molecule has 0 aliphatic heterocycles. The number of benzene rings is 8. The number of hydrogen-bond acceptors (Lipinski definition) is 0. The molecule has 8 aromatic carbocycles. The normalized spacial score (nSPS) is 12.9. The Hall–Kier alpha value is -5.90. The van der Waals surface area contributed by atoms with Gasteiger partial charge in [0.1, 0.15) is 0 Å². The molecule has 0 fully saturated rings. The minimum Gasteiger partial charge on any atom is -0.0622 e. The number of rotatable bonds is 2. The molecule has 0 unspecified atom stereocenters. The van der Waals surface area contributed by atoms with Gasteiger partial charge in [-0.15, -0.1) is 0 Å². The second kappa shape index (κ2) is 10.6. The van der Waals surface area contributed by atoms with Gasteiger partial charge in [0, 0.05) is 16.5 Å². The lowest BCUT2D eigenvalue weighted by atomic mass is 9.81. The molecule has 0 amide bonds. The molecule has 220 valence electrons. The van der Waals surface area contributed by atoms with E-state index < -0.39 is 0 Å². The molecular formula is C47H32. The summed E-state index contributed by atoms with van der Waals surface area (Å²) in [6.07, 6.45) is 0. The van der Waals surface area contributed by atoms with Gasteiger partial charge in [0.05, 0.1) is 0 Å². The van der Waals surface area contributed by atoms with Gasteiger partial charge < -0.3 is 0 Å². The molecule has 0 heterocycles. The first kappa shape index (κ1) is 27.4. The molecule has 0 nitrogen and oxygen atoms in total. The van der Waals surface area contributed by atoms with E-state index in [1.54, 1.807) is 0 Å². The second-order valence-electron chi connectivity index (χ2n) is 13.1. The van der Waals surface area contributed by atoms with Crippen LogP contribution in [0.5, 0.6) is 0 Å². The molecule has 1 aliphatic rings. The van der Waals surface area contributed by atoms with Crippen molar-refractivity contribution in [3.05, 3.63) is 180 Å². The van der Waals surface area contributed by atoms with Crippen molar-refractivity contribution in [2.24, 2.45) is 0 Å². The Kier molecular flexibility index (Phi) is 6.17. The van der Waals surface area contributed by atoms with Crippen molar-refractivity contribution in [1.82, 2.24) is 0 Å². The van der Waals surface area contributed by atoms with E-state index in [4.69, 9.17) is 0 Å². The van der Waals surface area contributed by atoms with Crippen molar-refractivity contribution in [2.45, 2.75) is 19.3 Å². The van der Waals surface area contributed by atoms with Crippen molar-refractivity contribution in [1.29, 1.82) is 0 Å². The standard InChI is InChI=1S/C47H32/c1-47(2)43-24-11-10-21-40(43)46-41(23-13-25-44(46)47)45-39-20-9-8-19-36(39)37(28-26-31-14-4-3-5-15-31)38-29-27-33(30-42(38)45)35-22-12-17-32-16-6-7-18-34(32)35/h3-25,27,29-30H,1-2H3. The predicted molar refractivity (Wildman–Crippen MR) is 200 cm³/mol. The Labute approximate surface area is 276 Å². The molecule has 1 aliphatic carbocycles. The topological polar surface area (TPSA) is 0 Å². The van der Waals surface area contributed by atoms with Gasteiger partial charge in [0.25, 0.3) is 0 Å². The van der Waals surface area contributed by atoms with Crippen LogP contribution >= 0.6 is 0 Å². The van der Waals surface area contributed by atoms with Crippen LogP contribution in [-0.4, -0.2) is 0 Å². The van der Waals surface area contributed by atoms with Crippen molar-refractivity contribution < 1.29 is 0 Å². The predicted octanol–water partition coefficient (Wildman–Crippen LogP) is 12.2. The minimum absolute atomic E-state index is 0.0806. The van der Waals surface area contributed by atoms with E-state index in [2.05, 4.69) is 177 Å². The molecular weight excluding hydrogens is 565 g/mol. The first-order valence-corrected chi connectivity index (χ1v) is 16.4. The second-order valence-corrected chi connectivity index (χ2v) is 13.1. The molecule has 0 spiro atoms. The molecule has 9 rings (SSSR count). The zero-order valence-electron chi connectivity index (χ0n) is 26.5. The maximum atomic E-state index is 3.65. The highest BCUT2D eigenvalue weighted by atomic mass is 14.4. The summed E-state index contributed by atoms with van der Waals surface area (Å²) in [6.45, 7) is 4.72. The van der Waals surface area contributed by atoms with Gasteiger partial charge >= 0.3 is 0 Å². The van der Waals surface area contributed by atoms with E-state index in [0.29, 0.717) is 0 Å². The van der Waals surface area contributed by atoms with Crippen molar-refractivity contribution >= 4 is 32.3 Å². The van der Waals surface area contributed by atoms with E-state index in [9.17, 15) is 0 Å². The highest BCUT2D eigenvalue weighted by molar-refractivity contribution is 6.19. The van der Waals surface area contributed by atoms with Crippen molar-refractivity contribution in [3.8, 4) is 45.2 Å². The van der Waals surface area contributed by atoms with Crippen LogP contribution in [0, 0.1) is 11.8 Å². The molecule has 0 bridgehead atoms. The molecule has 0 N–H and O–H groups in total. The number of fused-ring (bicyclic) bond motifs is 6. The fourth-order valence-electron chi connectivity index (χ4n) is 7.87. The van der Waals surface area contributed by atoms with Gasteiger partial charge in [-0.1, -0.05) is 165 Å². The Morgan fingerprint density at radius 3 is 1.89 bits per heavy atom. The molecule has 0 radical (unpaired) electrons. The lowest BCUT2D eigenvalue weighted by molar-refractivity contribution is 0.660. The highest BCUT2D eigenvalue weighted by Gasteiger charge is 2.37. The molecule has 8 aromatic rings. The third kappa shape index (κ3) is 4.25. The highest BCUT2D eigenvalue weighted by Crippen LogP contribution is 2.54. The maximum Gasteiger partial charge on any atom is 0.0406 e. The van der Waals surface area contributed by atoms with Gasteiger partial charge in [-0.05, 0) is 95.0 Å². The van der Waals surface area contributed by atoms with Crippen LogP contribution in [0.15, 0.2) is 158 Å². The lowest BCUT2D eigenvalue weighted by Crippen LogP contribution is -2.14. The van der Waals surface area contributed by atoms with Crippen LogP contribution in [0.2, 0.25) is 0 Å². The summed E-state index contributed by atoms with van der Waals surface area (Å²) in [4.78, 5) is 0. The van der Waals surface area contributed by atoms with E-state index in [-0.39, 0.29) is 5.41 Å². The third-order valence-electron chi connectivity index (χ3n) is 10.1. The summed E-state index contributed by atoms with van der Waals surface area (Å²) in [5, 5.41) is 7.31. The minimum atomic E-state index is -0.0806. The van der Waals surface area contributed by atoms with Crippen LogP contribution in [0.25, 0.3) is 65.7 Å². The van der Waals surface area contributed by atoms with Gasteiger partial charge in [-0.25, -0.2) is 0 Å². The third-order valence-corrected chi connectivity index (χ3v) is 10.1. The van der Waals surface area contributed by atoms with Crippen LogP contribution in [-0.2, 0) is 5.41 Å². The fraction of sp³-hybridized carbons (Fsp3) is 0.0638. The van der Waals surface area contributed by atoms with Crippen LogP contribution in [0.4, 0.5) is 0 Å². The van der Waals surface area contributed by atoms with Crippen molar-refractivity contribution in [2.75, 3.05) is 0 Å². The average molecular weight is 597 g/mol. The lowest BCUT2D eigenvalue weighted by Gasteiger charge is -2.22. The molecule has 0 aromatic heterocycles. The van der Waals surface area contributed by atoms with E-state index in [1.165, 1.54) is 76.8 Å². The summed E-state index contributed by atoms with van der Waals surface area (Å²) in [5.74, 6) is 7.14. The Morgan fingerprint density at radius 2 is 1.02 bits per heavy atom. The van der Waals surface area contributed by atoms with Gasteiger partial charge in [0.15, 0.2) is 0 Å². The first-order valence-electron chi connectivity index (χ1n) is 16.4. The molecule has 0 saturated heterocycles. The summed E-state index contributed by atoms with van der Waals surface area (Å²) in [7, 11) is 0. The molecule has 0 saturated carbocycles. The number of hydrogen-bond donors (Lipinski definition) is 0. The van der Waals surface area contributed by atoms with E-state index >= 15 is 0 Å². The summed E-state index contributed by atoms with van der Waals surface area (Å²) in [6, 6.07) is 57.3.